The van der Waals surface area contributed by atoms with Crippen molar-refractivity contribution in [3.63, 3.8) is 0 Å². The summed E-state index contributed by atoms with van der Waals surface area (Å²) < 4.78 is 33.1. The van der Waals surface area contributed by atoms with Crippen LogP contribution >= 0.6 is 0 Å². The van der Waals surface area contributed by atoms with Crippen molar-refractivity contribution in [3.8, 4) is 6.07 Å². The van der Waals surface area contributed by atoms with Gasteiger partial charge in [-0.25, -0.2) is 8.42 Å². The number of sulfone groups is 1. The minimum absolute atomic E-state index is 0.0250. The molecule has 23 heavy (non-hydrogen) atoms. The minimum atomic E-state index is -3.06. The molecule has 0 bridgehead atoms. The van der Waals surface area contributed by atoms with Gasteiger partial charge in [0, 0.05) is 39.6 Å². The van der Waals surface area contributed by atoms with E-state index in [-0.39, 0.29) is 23.1 Å². The van der Waals surface area contributed by atoms with Gasteiger partial charge >= 0.3 is 0 Å². The predicted molar refractivity (Wildman–Crippen MR) is 84.2 cm³/mol. The summed E-state index contributed by atoms with van der Waals surface area (Å²) >= 11 is 0. The zero-order chi connectivity index (χ0) is 17.3. The van der Waals surface area contributed by atoms with Crippen LogP contribution in [-0.4, -0.2) is 77.3 Å². The van der Waals surface area contributed by atoms with E-state index in [2.05, 4.69) is 5.32 Å². The molecule has 0 aromatic heterocycles. The molecule has 0 saturated carbocycles. The summed E-state index contributed by atoms with van der Waals surface area (Å²) in [5.74, 6) is -0.360. The van der Waals surface area contributed by atoms with Crippen molar-refractivity contribution in [2.24, 2.45) is 0 Å². The lowest BCUT2D eigenvalue weighted by Crippen LogP contribution is -2.36. The maximum atomic E-state index is 12.0. The molecule has 1 unspecified atom stereocenters. The number of ether oxygens (including phenoxy) is 2. The van der Waals surface area contributed by atoms with Crippen molar-refractivity contribution in [2.45, 2.75) is 12.5 Å². The van der Waals surface area contributed by atoms with Crippen LogP contribution in [0.2, 0.25) is 0 Å². The molecular weight excluding hydrogens is 322 g/mol. The Morgan fingerprint density at radius 3 is 2.61 bits per heavy atom. The van der Waals surface area contributed by atoms with Crippen molar-refractivity contribution in [1.29, 1.82) is 5.26 Å². The standard InChI is InChI=1S/C14H23N3O5S/c1-21-6-4-16-14(18)12(9-15)10-17(5-7-22-2)13-3-8-23(19,20)11-13/h10,13H,3-8,11H2,1-2H3,(H,16,18)/b12-10-. The number of methoxy groups -OCH3 is 2. The molecule has 1 rings (SSSR count). The van der Waals surface area contributed by atoms with Crippen LogP contribution < -0.4 is 5.32 Å². The van der Waals surface area contributed by atoms with Crippen molar-refractivity contribution < 1.29 is 22.7 Å². The van der Waals surface area contributed by atoms with Crippen molar-refractivity contribution in [3.05, 3.63) is 11.8 Å². The Labute approximate surface area is 137 Å². The van der Waals surface area contributed by atoms with Gasteiger partial charge in [0.1, 0.15) is 11.6 Å². The number of amides is 1. The molecule has 0 radical (unpaired) electrons. The summed E-state index contributed by atoms with van der Waals surface area (Å²) in [6.07, 6.45) is 1.90. The second kappa shape index (κ2) is 9.50. The highest BCUT2D eigenvalue weighted by molar-refractivity contribution is 7.91. The zero-order valence-electron chi connectivity index (χ0n) is 13.4. The minimum Gasteiger partial charge on any atom is -0.383 e. The van der Waals surface area contributed by atoms with Crippen LogP contribution in [0.4, 0.5) is 0 Å². The van der Waals surface area contributed by atoms with Crippen LogP contribution in [0.3, 0.4) is 0 Å². The Bertz CT molecular complexity index is 567. The first-order chi connectivity index (χ1) is 10.9. The van der Waals surface area contributed by atoms with Gasteiger partial charge in [-0.05, 0) is 6.42 Å². The van der Waals surface area contributed by atoms with E-state index in [1.165, 1.54) is 20.4 Å². The van der Waals surface area contributed by atoms with Crippen LogP contribution in [0.15, 0.2) is 11.8 Å². The molecule has 1 aliphatic rings. The van der Waals surface area contributed by atoms with Crippen molar-refractivity contribution in [1.82, 2.24) is 10.2 Å². The number of nitrogens with zero attached hydrogens (tertiary/aromatic N) is 2. The molecule has 0 aromatic carbocycles. The molecule has 1 heterocycles. The summed E-state index contributed by atoms with van der Waals surface area (Å²) in [4.78, 5) is 13.7. The van der Waals surface area contributed by atoms with Gasteiger partial charge in [0.2, 0.25) is 0 Å². The fourth-order valence-corrected chi connectivity index (χ4v) is 3.99. The highest BCUT2D eigenvalue weighted by Gasteiger charge is 2.31. The summed E-state index contributed by atoms with van der Waals surface area (Å²) in [6, 6.07) is 1.61. The molecule has 0 aromatic rings. The van der Waals surface area contributed by atoms with E-state index in [1.54, 1.807) is 4.90 Å². The Balaban J connectivity index is 2.83. The van der Waals surface area contributed by atoms with Crippen LogP contribution in [-0.2, 0) is 24.1 Å². The number of hydrogen-bond acceptors (Lipinski definition) is 7. The highest BCUT2D eigenvalue weighted by atomic mass is 32.2. The van der Waals surface area contributed by atoms with E-state index in [9.17, 15) is 18.5 Å². The average molecular weight is 345 g/mol. The Kier molecular flexibility index (Phi) is 8.02. The van der Waals surface area contributed by atoms with Crippen molar-refractivity contribution in [2.75, 3.05) is 52.0 Å². The highest BCUT2D eigenvalue weighted by Crippen LogP contribution is 2.18. The van der Waals surface area contributed by atoms with Gasteiger partial charge in [-0.1, -0.05) is 0 Å². The lowest BCUT2D eigenvalue weighted by atomic mass is 10.2. The van der Waals surface area contributed by atoms with E-state index in [0.29, 0.717) is 32.7 Å². The first-order valence-corrected chi connectivity index (χ1v) is 9.09. The van der Waals surface area contributed by atoms with Crippen LogP contribution in [0, 0.1) is 11.3 Å². The maximum absolute atomic E-state index is 12.0. The molecule has 1 fully saturated rings. The Hall–Kier alpha value is -1.63. The van der Waals surface area contributed by atoms with Crippen LogP contribution in [0.1, 0.15) is 6.42 Å². The molecule has 8 nitrogen and oxygen atoms in total. The normalized spacial score (nSPS) is 20.0. The molecule has 9 heteroatoms. The van der Waals surface area contributed by atoms with E-state index < -0.39 is 15.7 Å². The maximum Gasteiger partial charge on any atom is 0.263 e. The van der Waals surface area contributed by atoms with E-state index in [0.717, 1.165) is 0 Å². The lowest BCUT2D eigenvalue weighted by Gasteiger charge is -2.26. The van der Waals surface area contributed by atoms with E-state index in [4.69, 9.17) is 9.47 Å². The summed E-state index contributed by atoms with van der Waals surface area (Å²) in [5.41, 5.74) is -0.0681. The molecule has 1 atom stereocenters. The van der Waals surface area contributed by atoms with Crippen LogP contribution in [0.25, 0.3) is 0 Å². The average Bonchev–Trinajstić information content (AvgIpc) is 2.87. The lowest BCUT2D eigenvalue weighted by molar-refractivity contribution is -0.117. The molecule has 1 N–H and O–H groups in total. The second-order valence-corrected chi connectivity index (χ2v) is 7.42. The topological polar surface area (TPSA) is 109 Å². The third-order valence-electron chi connectivity index (χ3n) is 3.48. The number of nitrogens with one attached hydrogen (secondary N) is 1. The summed E-state index contributed by atoms with van der Waals surface area (Å²) in [7, 11) is -0.00584. The number of carbonyl (C=O) groups excluding carboxylic acids is 1. The van der Waals surface area contributed by atoms with Gasteiger partial charge in [-0.15, -0.1) is 0 Å². The predicted octanol–water partition coefficient (Wildman–Crippen LogP) is -0.708. The van der Waals surface area contributed by atoms with E-state index >= 15 is 0 Å². The molecule has 0 aliphatic carbocycles. The van der Waals surface area contributed by atoms with Gasteiger partial charge in [0.15, 0.2) is 9.84 Å². The largest absolute Gasteiger partial charge is 0.383 e. The van der Waals surface area contributed by atoms with Gasteiger partial charge in [0.25, 0.3) is 5.91 Å². The van der Waals surface area contributed by atoms with Crippen LogP contribution in [0.5, 0.6) is 0 Å². The fraction of sp³-hybridized carbons (Fsp3) is 0.714. The number of hydrogen-bond donors (Lipinski definition) is 1. The number of carbonyl (C=O) groups is 1. The van der Waals surface area contributed by atoms with Crippen molar-refractivity contribution >= 4 is 15.7 Å². The SMILES string of the molecule is COCCNC(=O)/C(C#N)=C\N(CCOC)C1CCS(=O)(=O)C1. The molecule has 0 spiro atoms. The second-order valence-electron chi connectivity index (χ2n) is 5.19. The number of nitriles is 1. The smallest absolute Gasteiger partial charge is 0.263 e. The van der Waals surface area contributed by atoms with Gasteiger partial charge in [0.05, 0.1) is 24.7 Å². The first-order valence-electron chi connectivity index (χ1n) is 7.27. The van der Waals surface area contributed by atoms with E-state index in [1.807, 2.05) is 6.07 Å². The molecular formula is C14H23N3O5S. The Morgan fingerprint density at radius 1 is 1.39 bits per heavy atom. The Morgan fingerprint density at radius 2 is 2.09 bits per heavy atom. The van der Waals surface area contributed by atoms with Gasteiger partial charge in [-0.2, -0.15) is 5.26 Å². The fourth-order valence-electron chi connectivity index (χ4n) is 2.25. The monoisotopic (exact) mass is 345 g/mol. The molecule has 1 amide bonds. The van der Waals surface area contributed by atoms with Gasteiger partial charge in [-0.3, -0.25) is 4.79 Å². The quantitative estimate of drug-likeness (QED) is 0.334. The summed E-state index contributed by atoms with van der Waals surface area (Å²) in [5, 5.41) is 11.8. The zero-order valence-corrected chi connectivity index (χ0v) is 14.3. The third-order valence-corrected chi connectivity index (χ3v) is 5.23. The molecule has 130 valence electrons. The van der Waals surface area contributed by atoms with Gasteiger partial charge < -0.3 is 19.7 Å². The molecule has 1 aliphatic heterocycles. The molecule has 1 saturated heterocycles. The third kappa shape index (κ3) is 6.56. The first kappa shape index (κ1) is 19.4. The number of rotatable bonds is 9. The summed E-state index contributed by atoms with van der Waals surface area (Å²) in [6.45, 7) is 1.42.